The van der Waals surface area contributed by atoms with Gasteiger partial charge in [-0.2, -0.15) is 0 Å². The third-order valence-electron chi connectivity index (χ3n) is 9.02. The minimum absolute atomic E-state index is 0.158. The van der Waals surface area contributed by atoms with Crippen LogP contribution in [0.4, 0.5) is 4.39 Å². The molecule has 5 rings (SSSR count). The van der Waals surface area contributed by atoms with E-state index in [1.54, 1.807) is 38.6 Å². The zero-order chi connectivity index (χ0) is 33.9. The van der Waals surface area contributed by atoms with Crippen LogP contribution >= 0.6 is 0 Å². The number of aromatic nitrogens is 1. The monoisotopic (exact) mass is 653 g/mol. The third-order valence-corrected chi connectivity index (χ3v) is 9.02. The van der Waals surface area contributed by atoms with Gasteiger partial charge in [0, 0.05) is 51.9 Å². The number of rotatable bonds is 15. The normalized spacial score (nSPS) is 15.5. The van der Waals surface area contributed by atoms with Crippen molar-refractivity contribution in [3.63, 3.8) is 0 Å². The zero-order valence-electron chi connectivity index (χ0n) is 27.6. The lowest BCUT2D eigenvalue weighted by Gasteiger charge is -2.34. The van der Waals surface area contributed by atoms with Crippen LogP contribution < -0.4 is 10.6 Å². The van der Waals surface area contributed by atoms with Crippen LogP contribution in [-0.2, 0) is 38.4 Å². The van der Waals surface area contributed by atoms with E-state index in [1.807, 2.05) is 54.6 Å². The molecule has 0 radical (unpaired) electrons. The first-order valence-corrected chi connectivity index (χ1v) is 16.5. The number of hydrogen-bond donors (Lipinski definition) is 2. The number of nitrogens with zero attached hydrogens (tertiary/aromatic N) is 3. The van der Waals surface area contributed by atoms with Crippen LogP contribution in [0.25, 0.3) is 10.8 Å². The van der Waals surface area contributed by atoms with Gasteiger partial charge in [-0.1, -0.05) is 54.6 Å². The number of likely N-dealkylation sites (N-methyl/N-ethyl adjacent to an activating group) is 2. The maximum atomic E-state index is 14.5. The summed E-state index contributed by atoms with van der Waals surface area (Å²) in [6.07, 6.45) is 6.48. The quantitative estimate of drug-likeness (QED) is 0.202. The molecule has 48 heavy (non-hydrogen) atoms. The molecule has 1 fully saturated rings. The Morgan fingerprint density at radius 2 is 1.60 bits per heavy atom. The van der Waals surface area contributed by atoms with Crippen molar-refractivity contribution in [1.29, 1.82) is 0 Å². The summed E-state index contributed by atoms with van der Waals surface area (Å²) in [6.45, 7) is 1.56. The van der Waals surface area contributed by atoms with Crippen LogP contribution in [0.1, 0.15) is 29.5 Å². The number of carbonyl (C=O) groups is 3. The van der Waals surface area contributed by atoms with Gasteiger partial charge in [0.25, 0.3) is 0 Å². The van der Waals surface area contributed by atoms with Crippen LogP contribution in [0.5, 0.6) is 0 Å². The Hall–Kier alpha value is -4.67. The van der Waals surface area contributed by atoms with Gasteiger partial charge >= 0.3 is 0 Å². The van der Waals surface area contributed by atoms with Crippen LogP contribution in [0, 0.1) is 5.82 Å². The Morgan fingerprint density at radius 3 is 2.33 bits per heavy atom. The Kier molecular flexibility index (Phi) is 12.2. The number of nitrogens with one attached hydrogen (secondary N) is 2. The number of pyridine rings is 1. The minimum atomic E-state index is -0.910. The summed E-state index contributed by atoms with van der Waals surface area (Å²) < 4.78 is 19.5. The van der Waals surface area contributed by atoms with Gasteiger partial charge in [-0.25, -0.2) is 4.39 Å². The molecule has 10 heteroatoms. The fourth-order valence-corrected chi connectivity index (χ4v) is 6.08. The highest BCUT2D eigenvalue weighted by Crippen LogP contribution is 2.20. The maximum Gasteiger partial charge on any atom is 0.249 e. The van der Waals surface area contributed by atoms with Crippen molar-refractivity contribution in [3.05, 3.63) is 114 Å². The third kappa shape index (κ3) is 9.45. The smallest absolute Gasteiger partial charge is 0.249 e. The topological polar surface area (TPSA) is 104 Å². The largest absolute Gasteiger partial charge is 0.370 e. The first kappa shape index (κ1) is 34.7. The second-order valence-corrected chi connectivity index (χ2v) is 12.4. The van der Waals surface area contributed by atoms with E-state index < -0.39 is 12.1 Å². The molecular weight excluding hydrogens is 609 g/mol. The Balaban J connectivity index is 1.36. The van der Waals surface area contributed by atoms with Crippen molar-refractivity contribution in [2.75, 3.05) is 40.4 Å². The average molecular weight is 654 g/mol. The van der Waals surface area contributed by atoms with Gasteiger partial charge in [0.2, 0.25) is 17.7 Å². The molecule has 2 N–H and O–H groups in total. The van der Waals surface area contributed by atoms with E-state index in [1.165, 1.54) is 21.9 Å². The van der Waals surface area contributed by atoms with Crippen molar-refractivity contribution in [2.24, 2.45) is 0 Å². The fraction of sp³-hybridized carbons (Fsp3) is 0.368. The Bertz CT molecular complexity index is 1660. The number of ether oxygens (including phenoxy) is 1. The molecule has 3 atom stereocenters. The molecule has 2 heterocycles. The zero-order valence-corrected chi connectivity index (χ0v) is 27.6. The lowest BCUT2D eigenvalue weighted by atomic mass is 9.98. The molecule has 3 aromatic carbocycles. The molecule has 1 aliphatic heterocycles. The first-order chi connectivity index (χ1) is 23.3. The van der Waals surface area contributed by atoms with E-state index in [0.29, 0.717) is 25.1 Å². The fourth-order valence-electron chi connectivity index (χ4n) is 6.08. The van der Waals surface area contributed by atoms with E-state index in [2.05, 4.69) is 15.6 Å². The predicted octanol–water partition coefficient (Wildman–Crippen LogP) is 3.94. The SMILES string of the molecule is CN(C(=O)COC[C@@H]1CCCN1)[C@H](Cc1ccc2ccccc2c1)C(=O)N(C)[C@H](Cc1ccc(F)cc1)C(=O)NCCc1ccncc1. The number of hydrogen-bond acceptors (Lipinski definition) is 6. The van der Waals surface area contributed by atoms with Crippen LogP contribution in [0.3, 0.4) is 0 Å². The van der Waals surface area contributed by atoms with Gasteiger partial charge in [0.05, 0.1) is 6.61 Å². The van der Waals surface area contributed by atoms with E-state index in [0.717, 1.165) is 41.3 Å². The Labute approximate surface area is 281 Å². The summed E-state index contributed by atoms with van der Waals surface area (Å²) in [6, 6.07) is 22.0. The number of benzene rings is 3. The lowest BCUT2D eigenvalue weighted by molar-refractivity contribution is -0.149. The number of carbonyl (C=O) groups excluding carboxylic acids is 3. The van der Waals surface area contributed by atoms with Crippen molar-refractivity contribution in [1.82, 2.24) is 25.4 Å². The van der Waals surface area contributed by atoms with Crippen molar-refractivity contribution < 1.29 is 23.5 Å². The molecule has 252 valence electrons. The first-order valence-electron chi connectivity index (χ1n) is 16.5. The molecule has 4 aromatic rings. The van der Waals surface area contributed by atoms with E-state index in [4.69, 9.17) is 4.74 Å². The molecule has 1 saturated heterocycles. The van der Waals surface area contributed by atoms with Crippen LogP contribution in [-0.4, -0.2) is 91.0 Å². The van der Waals surface area contributed by atoms with Gasteiger partial charge < -0.3 is 25.2 Å². The standard InChI is InChI=1S/C38H44FN5O4/c1-43(36(45)26-48-25-33-8-5-18-41-33)35(24-29-9-12-30-6-3-4-7-31(30)22-29)38(47)44(2)34(23-28-10-13-32(39)14-11-28)37(46)42-21-17-27-15-19-40-20-16-27/h3-4,6-7,9-16,19-20,22,33-35,41H,5,8,17-18,21,23-26H2,1-2H3,(H,42,46)/t33-,34+,35+/m0/s1. The van der Waals surface area contributed by atoms with Gasteiger partial charge in [0.1, 0.15) is 24.5 Å². The highest BCUT2D eigenvalue weighted by Gasteiger charge is 2.35. The van der Waals surface area contributed by atoms with Crippen LogP contribution in [0.2, 0.25) is 0 Å². The summed E-state index contributed by atoms with van der Waals surface area (Å²) in [5, 5.41) is 8.44. The molecule has 0 aliphatic carbocycles. The Morgan fingerprint density at radius 1 is 0.896 bits per heavy atom. The minimum Gasteiger partial charge on any atom is -0.370 e. The molecule has 0 unspecified atom stereocenters. The highest BCUT2D eigenvalue weighted by atomic mass is 19.1. The summed E-state index contributed by atoms with van der Waals surface area (Å²) in [5.41, 5.74) is 2.61. The average Bonchev–Trinajstić information content (AvgIpc) is 3.63. The number of fused-ring (bicyclic) bond motifs is 1. The van der Waals surface area contributed by atoms with Crippen molar-refractivity contribution >= 4 is 28.5 Å². The highest BCUT2D eigenvalue weighted by molar-refractivity contribution is 5.92. The summed E-state index contributed by atoms with van der Waals surface area (Å²) in [7, 11) is 3.20. The van der Waals surface area contributed by atoms with Crippen LogP contribution in [0.15, 0.2) is 91.3 Å². The molecule has 1 aromatic heterocycles. The molecule has 0 saturated carbocycles. The number of halogens is 1. The molecule has 0 bridgehead atoms. The van der Waals surface area contributed by atoms with Gasteiger partial charge in [0.15, 0.2) is 0 Å². The predicted molar refractivity (Wildman–Crippen MR) is 184 cm³/mol. The van der Waals surface area contributed by atoms with Crippen molar-refractivity contribution in [3.8, 4) is 0 Å². The maximum absolute atomic E-state index is 14.5. The molecule has 1 aliphatic rings. The summed E-state index contributed by atoms with van der Waals surface area (Å²) in [5.74, 6) is -1.43. The van der Waals surface area contributed by atoms with E-state index in [9.17, 15) is 18.8 Å². The lowest BCUT2D eigenvalue weighted by Crippen LogP contribution is -2.56. The molecule has 0 spiro atoms. The summed E-state index contributed by atoms with van der Waals surface area (Å²) in [4.78, 5) is 48.6. The molecular formula is C38H44FN5O4. The second kappa shape index (κ2) is 16.9. The van der Waals surface area contributed by atoms with Crippen molar-refractivity contribution in [2.45, 2.75) is 50.2 Å². The van der Waals surface area contributed by atoms with E-state index >= 15 is 0 Å². The second-order valence-electron chi connectivity index (χ2n) is 12.4. The summed E-state index contributed by atoms with van der Waals surface area (Å²) >= 11 is 0. The van der Waals surface area contributed by atoms with Gasteiger partial charge in [-0.15, -0.1) is 0 Å². The van der Waals surface area contributed by atoms with E-state index in [-0.39, 0.29) is 49.0 Å². The molecule has 9 nitrogen and oxygen atoms in total. The van der Waals surface area contributed by atoms with Gasteiger partial charge in [-0.3, -0.25) is 19.4 Å². The number of amides is 3. The van der Waals surface area contributed by atoms with Gasteiger partial charge in [-0.05, 0) is 77.5 Å². The molecule has 3 amide bonds.